The minimum Gasteiger partial charge on any atom is -0.494 e. The van der Waals surface area contributed by atoms with E-state index in [0.717, 1.165) is 6.07 Å². The monoisotopic (exact) mass is 723 g/mol. The molecule has 1 fully saturated rings. The minimum absolute atomic E-state index is 0.00568. The van der Waals surface area contributed by atoms with Gasteiger partial charge in [-0.3, -0.25) is 24.3 Å². The number of ether oxygens (including phenoxy) is 2. The Kier molecular flexibility index (Phi) is 8.62. The number of fused-ring (bicyclic) bond motifs is 1. The van der Waals surface area contributed by atoms with Crippen LogP contribution < -0.4 is 25.6 Å². The molecule has 0 amide bonds. The van der Waals surface area contributed by atoms with E-state index in [1.807, 2.05) is 0 Å². The van der Waals surface area contributed by atoms with Crippen molar-refractivity contribution in [3.63, 3.8) is 0 Å². The van der Waals surface area contributed by atoms with Crippen molar-refractivity contribution in [2.45, 2.75) is 30.4 Å². The van der Waals surface area contributed by atoms with Crippen LogP contribution in [0, 0.1) is 6.92 Å². The Hall–Kier alpha value is -4.76. The van der Waals surface area contributed by atoms with Crippen molar-refractivity contribution in [2.75, 3.05) is 36.0 Å². The van der Waals surface area contributed by atoms with Crippen molar-refractivity contribution < 1.29 is 49.8 Å². The predicted octanol–water partition coefficient (Wildman–Crippen LogP) is -1.10. The quantitative estimate of drug-likeness (QED) is 0.0522. The Morgan fingerprint density at radius 3 is 2.29 bits per heavy atom. The van der Waals surface area contributed by atoms with Crippen molar-refractivity contribution in [3.05, 3.63) is 60.8 Å². The molecule has 21 heteroatoms. The molecule has 0 aliphatic carbocycles. The molecule has 1 unspecified atom stereocenters. The fourth-order valence-electron chi connectivity index (χ4n) is 5.68. The molecule has 1 aliphatic rings. The summed E-state index contributed by atoms with van der Waals surface area (Å²) in [5.74, 6) is -11.3. The van der Waals surface area contributed by atoms with Crippen LogP contribution in [0.2, 0.25) is 0 Å². The SMILES string of the molecule is BC1(O)OC(O)(O)C(O)(O)N(c2cc(OC)c(Nc3ncc(C)c(Nc4ccc5nccnc5c4P(C)(C)=O)n3)cc2-c2cnn(C)c2)C1(O)O. The molecule has 5 aromatic rings. The fraction of sp³-hybridized carbons (Fsp3) is 0.300. The second kappa shape index (κ2) is 12.2. The van der Waals surface area contributed by atoms with Gasteiger partial charge in [0.2, 0.25) is 11.6 Å². The van der Waals surface area contributed by atoms with Gasteiger partial charge < -0.3 is 55.7 Å². The molecule has 9 N–H and O–H groups in total. The Morgan fingerprint density at radius 1 is 0.941 bits per heavy atom. The molecule has 0 spiro atoms. The van der Waals surface area contributed by atoms with E-state index in [1.165, 1.54) is 42.6 Å². The summed E-state index contributed by atoms with van der Waals surface area (Å²) in [6.45, 7) is 5.03. The van der Waals surface area contributed by atoms with E-state index in [0.29, 0.717) is 41.3 Å². The van der Waals surface area contributed by atoms with E-state index in [2.05, 4.69) is 40.4 Å². The number of methoxy groups -OCH3 is 1. The predicted molar refractivity (Wildman–Crippen MR) is 186 cm³/mol. The largest absolute Gasteiger partial charge is 0.494 e. The lowest BCUT2D eigenvalue weighted by atomic mass is 9.86. The van der Waals surface area contributed by atoms with Gasteiger partial charge in [-0.25, -0.2) is 4.98 Å². The van der Waals surface area contributed by atoms with Crippen LogP contribution in [-0.4, -0.2) is 117 Å². The molecule has 1 aliphatic heterocycles. The van der Waals surface area contributed by atoms with Gasteiger partial charge in [-0.2, -0.15) is 10.1 Å². The summed E-state index contributed by atoms with van der Waals surface area (Å²) in [5.41, 5.74) is -1.07. The van der Waals surface area contributed by atoms with Crippen LogP contribution in [0.5, 0.6) is 5.75 Å². The standard InChI is InChI=1S/C30H35BN9O10P/c1-15-12-34-26(38-25(15)36-19-7-6-18-23(33-9-8-32-18)24(19)51(4,5)48)37-20-10-17(16-13-35-39(2)14-16)21(11-22(20)49-3)40-28(42,43)27(31,41)50-30(46,47)29(40,44)45/h6-14,41-47H,31H2,1-5H3,(H2,34,36,37,38). The van der Waals surface area contributed by atoms with Gasteiger partial charge in [0.05, 0.1) is 41.2 Å². The van der Waals surface area contributed by atoms with Crippen LogP contribution in [0.25, 0.3) is 22.2 Å². The van der Waals surface area contributed by atoms with Gasteiger partial charge in [-0.1, -0.05) is 0 Å². The fourth-order valence-corrected chi connectivity index (χ4v) is 7.07. The first-order valence-corrected chi connectivity index (χ1v) is 17.7. The van der Waals surface area contributed by atoms with Crippen LogP contribution in [-0.2, 0) is 16.3 Å². The summed E-state index contributed by atoms with van der Waals surface area (Å²) in [5, 5.41) is 86.4. The zero-order chi connectivity index (χ0) is 37.3. The Labute approximate surface area is 290 Å². The van der Waals surface area contributed by atoms with Gasteiger partial charge in [-0.05, 0) is 38.5 Å². The molecule has 268 valence electrons. The smallest absolute Gasteiger partial charge is 0.360 e. The number of aryl methyl sites for hydroxylation is 2. The van der Waals surface area contributed by atoms with E-state index in [4.69, 9.17) is 4.74 Å². The average Bonchev–Trinajstić information content (AvgIpc) is 3.46. The number of nitrogens with zero attached hydrogens (tertiary/aromatic N) is 7. The van der Waals surface area contributed by atoms with Gasteiger partial charge in [0.1, 0.15) is 24.2 Å². The van der Waals surface area contributed by atoms with Gasteiger partial charge in [0.25, 0.3) is 5.91 Å². The molecule has 3 aromatic heterocycles. The Balaban J connectivity index is 1.47. The normalized spacial score (nSPS) is 19.6. The first-order valence-electron chi connectivity index (χ1n) is 15.1. The minimum atomic E-state index is -3.98. The van der Waals surface area contributed by atoms with Gasteiger partial charge in [0.15, 0.2) is 7.85 Å². The number of hydrogen-bond acceptors (Lipinski definition) is 18. The van der Waals surface area contributed by atoms with Crippen LogP contribution >= 0.6 is 7.14 Å². The number of nitrogens with one attached hydrogen (secondary N) is 2. The third-order valence-corrected chi connectivity index (χ3v) is 9.75. The maximum atomic E-state index is 13.5. The van der Waals surface area contributed by atoms with Crippen LogP contribution in [0.4, 0.5) is 28.8 Å². The molecule has 0 bridgehead atoms. The van der Waals surface area contributed by atoms with Crippen molar-refractivity contribution in [1.82, 2.24) is 29.7 Å². The molecular weight excluding hydrogens is 688 g/mol. The van der Waals surface area contributed by atoms with Crippen molar-refractivity contribution >= 4 is 60.2 Å². The number of anilines is 5. The summed E-state index contributed by atoms with van der Waals surface area (Å²) < 4.78 is 24.9. The van der Waals surface area contributed by atoms with Gasteiger partial charge in [0, 0.05) is 54.6 Å². The lowest BCUT2D eigenvalue weighted by Crippen LogP contribution is -2.85. The maximum Gasteiger partial charge on any atom is 0.360 e. The molecule has 0 saturated carbocycles. The van der Waals surface area contributed by atoms with Crippen molar-refractivity contribution in [3.8, 4) is 16.9 Å². The number of morpholine rings is 1. The number of aromatic nitrogens is 6. The lowest BCUT2D eigenvalue weighted by molar-refractivity contribution is -0.550. The molecule has 2 aromatic carbocycles. The Morgan fingerprint density at radius 2 is 1.65 bits per heavy atom. The summed E-state index contributed by atoms with van der Waals surface area (Å²) in [6, 6.07) is 5.99. The zero-order valence-corrected chi connectivity index (χ0v) is 29.0. The maximum absolute atomic E-state index is 13.5. The number of aliphatic hydroxyl groups is 7. The highest BCUT2D eigenvalue weighted by atomic mass is 31.2. The van der Waals surface area contributed by atoms with E-state index < -0.39 is 36.3 Å². The number of benzene rings is 2. The second-order valence-corrected chi connectivity index (χ2v) is 15.6. The Bertz CT molecular complexity index is 2180. The molecule has 6 rings (SSSR count). The third-order valence-electron chi connectivity index (χ3n) is 8.22. The topological polar surface area (TPSA) is 274 Å². The summed E-state index contributed by atoms with van der Waals surface area (Å²) >= 11 is 0. The summed E-state index contributed by atoms with van der Waals surface area (Å²) in [6.07, 6.45) is 7.47. The number of rotatable bonds is 8. The van der Waals surface area contributed by atoms with Crippen molar-refractivity contribution in [1.29, 1.82) is 0 Å². The lowest BCUT2D eigenvalue weighted by Gasteiger charge is -2.57. The van der Waals surface area contributed by atoms with Gasteiger partial charge in [-0.15, -0.1) is 0 Å². The zero-order valence-electron chi connectivity index (χ0n) is 28.1. The van der Waals surface area contributed by atoms with E-state index >= 15 is 0 Å². The first-order chi connectivity index (χ1) is 23.7. The average molecular weight is 723 g/mol. The molecule has 0 radical (unpaired) electrons. The molecule has 1 saturated heterocycles. The first kappa shape index (κ1) is 36.0. The van der Waals surface area contributed by atoms with Crippen LogP contribution in [0.1, 0.15) is 5.56 Å². The van der Waals surface area contributed by atoms with Gasteiger partial charge >= 0.3 is 11.9 Å². The van der Waals surface area contributed by atoms with E-state index in [-0.39, 0.29) is 33.4 Å². The van der Waals surface area contributed by atoms with E-state index in [9.17, 15) is 40.3 Å². The molecule has 19 nitrogen and oxygen atoms in total. The highest BCUT2D eigenvalue weighted by Gasteiger charge is 2.72. The molecule has 1 atom stereocenters. The van der Waals surface area contributed by atoms with Crippen molar-refractivity contribution in [2.24, 2.45) is 7.05 Å². The number of hydrogen-bond donors (Lipinski definition) is 9. The highest BCUT2D eigenvalue weighted by Crippen LogP contribution is 2.49. The van der Waals surface area contributed by atoms with Crippen LogP contribution in [0.15, 0.2) is 55.2 Å². The van der Waals surface area contributed by atoms with E-state index in [1.54, 1.807) is 45.6 Å². The van der Waals surface area contributed by atoms with Crippen LogP contribution in [0.3, 0.4) is 0 Å². The molecular formula is C30H35BN9O10P. The summed E-state index contributed by atoms with van der Waals surface area (Å²) in [7, 11) is 0.641. The second-order valence-electron chi connectivity index (χ2n) is 12.5. The molecule has 4 heterocycles. The summed E-state index contributed by atoms with van der Waals surface area (Å²) in [4.78, 5) is 17.7. The third kappa shape index (κ3) is 6.16. The highest BCUT2D eigenvalue weighted by molar-refractivity contribution is 7.71. The molecule has 51 heavy (non-hydrogen) atoms.